The zero-order valence-electron chi connectivity index (χ0n) is 24.3. The van der Waals surface area contributed by atoms with Crippen molar-refractivity contribution in [3.63, 3.8) is 0 Å². The van der Waals surface area contributed by atoms with Gasteiger partial charge >= 0.3 is 6.09 Å². The van der Waals surface area contributed by atoms with Crippen LogP contribution in [-0.2, 0) is 14.3 Å². The lowest BCUT2D eigenvalue weighted by atomic mass is 9.99. The van der Waals surface area contributed by atoms with Gasteiger partial charge in [-0.25, -0.2) is 4.79 Å². The molecule has 0 bridgehead atoms. The maximum absolute atomic E-state index is 13.9. The number of fused-ring (bicyclic) bond motifs is 1. The molecule has 0 radical (unpaired) electrons. The van der Waals surface area contributed by atoms with Crippen molar-refractivity contribution in [2.24, 2.45) is 0 Å². The zero-order valence-corrected chi connectivity index (χ0v) is 24.3. The number of likely N-dealkylation sites (tertiary alicyclic amines) is 1. The van der Waals surface area contributed by atoms with E-state index in [0.29, 0.717) is 43.2 Å². The van der Waals surface area contributed by atoms with E-state index in [0.717, 1.165) is 25.7 Å². The molecule has 9 nitrogen and oxygen atoms in total. The van der Waals surface area contributed by atoms with Gasteiger partial charge in [-0.2, -0.15) is 0 Å². The summed E-state index contributed by atoms with van der Waals surface area (Å²) in [7, 11) is 1.66. The SMILES string of the molecule is COCCCCN1C(=O)C(C)(C)Oc2ccc(C(=O)N(C(C)C)[C@@H]3CCCN(C(=O)OC(C)(C)C)C3)cc21. The Bertz CT molecular complexity index is 1020. The summed E-state index contributed by atoms with van der Waals surface area (Å²) in [5, 5.41) is 0. The van der Waals surface area contributed by atoms with Crippen molar-refractivity contribution in [1.82, 2.24) is 9.80 Å². The molecular weight excluding hydrogens is 486 g/mol. The van der Waals surface area contributed by atoms with Crippen LogP contribution in [0, 0.1) is 0 Å². The number of ether oxygens (including phenoxy) is 3. The number of carbonyl (C=O) groups excluding carboxylic acids is 3. The fourth-order valence-electron chi connectivity index (χ4n) is 5.08. The topological polar surface area (TPSA) is 88.6 Å². The molecule has 3 amide bonds. The average molecular weight is 532 g/mol. The number of nitrogens with zero attached hydrogens (tertiary/aromatic N) is 3. The molecule has 0 aliphatic carbocycles. The Morgan fingerprint density at radius 3 is 2.55 bits per heavy atom. The van der Waals surface area contributed by atoms with E-state index in [4.69, 9.17) is 14.2 Å². The summed E-state index contributed by atoms with van der Waals surface area (Å²) < 4.78 is 16.8. The average Bonchev–Trinajstić information content (AvgIpc) is 2.82. The molecule has 2 aliphatic rings. The Labute approximate surface area is 227 Å². The summed E-state index contributed by atoms with van der Waals surface area (Å²) in [5.74, 6) is 0.325. The first-order chi connectivity index (χ1) is 17.7. The van der Waals surface area contributed by atoms with Crippen molar-refractivity contribution < 1.29 is 28.6 Å². The van der Waals surface area contributed by atoms with Gasteiger partial charge in [0, 0.05) is 45.0 Å². The van der Waals surface area contributed by atoms with E-state index < -0.39 is 11.2 Å². The van der Waals surface area contributed by atoms with E-state index in [1.807, 2.05) is 39.5 Å². The molecule has 3 rings (SSSR count). The summed E-state index contributed by atoms with van der Waals surface area (Å²) in [5.41, 5.74) is -0.466. The molecule has 0 N–H and O–H groups in total. The molecule has 0 unspecified atom stereocenters. The highest BCUT2D eigenvalue weighted by Crippen LogP contribution is 2.39. The fraction of sp³-hybridized carbons (Fsp3) is 0.690. The normalized spacial score (nSPS) is 19.2. The van der Waals surface area contributed by atoms with Crippen LogP contribution < -0.4 is 9.64 Å². The van der Waals surface area contributed by atoms with E-state index in [1.54, 1.807) is 49.0 Å². The van der Waals surface area contributed by atoms with E-state index >= 15 is 0 Å². The molecule has 2 heterocycles. The van der Waals surface area contributed by atoms with Gasteiger partial charge in [-0.05, 0) is 92.3 Å². The number of piperidine rings is 1. The minimum atomic E-state index is -0.989. The fourth-order valence-corrected chi connectivity index (χ4v) is 5.08. The second-order valence-corrected chi connectivity index (χ2v) is 12.0. The molecule has 1 aromatic rings. The predicted octanol–water partition coefficient (Wildman–Crippen LogP) is 4.87. The standard InChI is InChI=1S/C29H45N3O6/c1-20(2)32(22-12-11-15-30(19-22)27(35)38-28(3,4)5)25(33)21-13-14-24-23(18-21)31(16-9-10-17-36-8)26(34)29(6,7)37-24/h13-14,18,20,22H,9-12,15-17,19H2,1-8H3/t22-/m1/s1. The number of hydrogen-bond acceptors (Lipinski definition) is 6. The third kappa shape index (κ3) is 6.98. The summed E-state index contributed by atoms with van der Waals surface area (Å²) in [6.07, 6.45) is 2.84. The predicted molar refractivity (Wildman–Crippen MR) is 147 cm³/mol. The van der Waals surface area contributed by atoms with Crippen LogP contribution in [0.1, 0.15) is 84.5 Å². The number of amides is 3. The van der Waals surface area contributed by atoms with E-state index in [-0.39, 0.29) is 30.0 Å². The first kappa shape index (κ1) is 29.7. The van der Waals surface area contributed by atoms with Crippen LogP contribution in [0.4, 0.5) is 10.5 Å². The Morgan fingerprint density at radius 2 is 1.92 bits per heavy atom. The van der Waals surface area contributed by atoms with Crippen LogP contribution in [0.5, 0.6) is 5.75 Å². The van der Waals surface area contributed by atoms with Crippen molar-refractivity contribution >= 4 is 23.6 Å². The Kier molecular flexibility index (Phi) is 9.34. The molecule has 0 saturated carbocycles. The lowest BCUT2D eigenvalue weighted by Gasteiger charge is -2.42. The van der Waals surface area contributed by atoms with Crippen molar-refractivity contribution in [2.75, 3.05) is 38.3 Å². The smallest absolute Gasteiger partial charge is 0.410 e. The van der Waals surface area contributed by atoms with Crippen LogP contribution in [-0.4, -0.2) is 84.3 Å². The van der Waals surface area contributed by atoms with Crippen LogP contribution in [0.15, 0.2) is 18.2 Å². The first-order valence-corrected chi connectivity index (χ1v) is 13.7. The third-order valence-electron chi connectivity index (χ3n) is 6.83. The summed E-state index contributed by atoms with van der Waals surface area (Å²) in [4.78, 5) is 45.2. The second kappa shape index (κ2) is 11.9. The number of hydrogen-bond donors (Lipinski definition) is 0. The van der Waals surface area contributed by atoms with Gasteiger partial charge in [0.15, 0.2) is 5.60 Å². The molecule has 1 aromatic carbocycles. The largest absolute Gasteiger partial charge is 0.476 e. The lowest BCUT2D eigenvalue weighted by molar-refractivity contribution is -0.132. The van der Waals surface area contributed by atoms with E-state index in [2.05, 4.69) is 0 Å². The number of carbonyl (C=O) groups is 3. The first-order valence-electron chi connectivity index (χ1n) is 13.7. The van der Waals surface area contributed by atoms with E-state index in [1.165, 1.54) is 0 Å². The van der Waals surface area contributed by atoms with Gasteiger partial charge in [0.2, 0.25) is 0 Å². The van der Waals surface area contributed by atoms with Gasteiger partial charge < -0.3 is 28.9 Å². The van der Waals surface area contributed by atoms with Crippen molar-refractivity contribution in [2.45, 2.75) is 97.4 Å². The minimum absolute atomic E-state index is 0.0796. The van der Waals surface area contributed by atoms with E-state index in [9.17, 15) is 14.4 Å². The number of rotatable bonds is 8. The zero-order chi connectivity index (χ0) is 28.3. The van der Waals surface area contributed by atoms with Gasteiger partial charge in [0.25, 0.3) is 11.8 Å². The molecule has 2 aliphatic heterocycles. The number of methoxy groups -OCH3 is 1. The highest BCUT2D eigenvalue weighted by atomic mass is 16.6. The number of unbranched alkanes of at least 4 members (excludes halogenated alkanes) is 1. The van der Waals surface area contributed by atoms with Gasteiger partial charge in [-0.1, -0.05) is 0 Å². The second-order valence-electron chi connectivity index (χ2n) is 12.0. The molecule has 9 heteroatoms. The van der Waals surface area contributed by atoms with Gasteiger partial charge in [-0.15, -0.1) is 0 Å². The van der Waals surface area contributed by atoms with Crippen LogP contribution in [0.25, 0.3) is 0 Å². The third-order valence-corrected chi connectivity index (χ3v) is 6.83. The monoisotopic (exact) mass is 531 g/mol. The molecule has 1 atom stereocenters. The lowest BCUT2D eigenvalue weighted by Crippen LogP contribution is -2.54. The molecule has 1 fully saturated rings. The molecular formula is C29H45N3O6. The molecule has 0 aromatic heterocycles. The molecule has 0 spiro atoms. The maximum atomic E-state index is 13.9. The quantitative estimate of drug-likeness (QED) is 0.445. The van der Waals surface area contributed by atoms with Crippen LogP contribution >= 0.6 is 0 Å². The minimum Gasteiger partial charge on any atom is -0.476 e. The van der Waals surface area contributed by atoms with Crippen molar-refractivity contribution in [3.05, 3.63) is 23.8 Å². The Balaban J connectivity index is 1.86. The Morgan fingerprint density at radius 1 is 1.21 bits per heavy atom. The summed E-state index contributed by atoms with van der Waals surface area (Å²) >= 11 is 0. The maximum Gasteiger partial charge on any atom is 0.410 e. The van der Waals surface area contributed by atoms with Gasteiger partial charge in [-0.3, -0.25) is 9.59 Å². The van der Waals surface area contributed by atoms with Crippen molar-refractivity contribution in [1.29, 1.82) is 0 Å². The Hall–Kier alpha value is -2.81. The van der Waals surface area contributed by atoms with Gasteiger partial charge in [0.05, 0.1) is 11.7 Å². The highest BCUT2D eigenvalue weighted by Gasteiger charge is 2.41. The van der Waals surface area contributed by atoms with Crippen LogP contribution in [0.3, 0.4) is 0 Å². The number of benzene rings is 1. The summed E-state index contributed by atoms with van der Waals surface area (Å²) in [6.45, 7) is 15.2. The van der Waals surface area contributed by atoms with Crippen LogP contribution in [0.2, 0.25) is 0 Å². The van der Waals surface area contributed by atoms with Crippen molar-refractivity contribution in [3.8, 4) is 5.75 Å². The highest BCUT2D eigenvalue weighted by molar-refractivity contribution is 6.04. The number of anilines is 1. The molecule has 38 heavy (non-hydrogen) atoms. The summed E-state index contributed by atoms with van der Waals surface area (Å²) in [6, 6.07) is 5.10. The molecule has 1 saturated heterocycles. The van der Waals surface area contributed by atoms with Gasteiger partial charge in [0.1, 0.15) is 11.4 Å². The molecule has 212 valence electrons.